The van der Waals surface area contributed by atoms with Gasteiger partial charge in [-0.1, -0.05) is 28.1 Å². The van der Waals surface area contributed by atoms with Crippen molar-refractivity contribution >= 4 is 27.8 Å². The van der Waals surface area contributed by atoms with Crippen molar-refractivity contribution in [1.29, 1.82) is 0 Å². The summed E-state index contributed by atoms with van der Waals surface area (Å²) in [5.74, 6) is -1.45. The second kappa shape index (κ2) is 4.93. The lowest BCUT2D eigenvalue weighted by Crippen LogP contribution is -2.31. The van der Waals surface area contributed by atoms with E-state index in [9.17, 15) is 9.59 Å². The van der Waals surface area contributed by atoms with E-state index < -0.39 is 12.0 Å². The SMILES string of the molecule is CC(=O)N[C@@H](C(=O)O)c1ccc(Br)cc1. The fourth-order valence-corrected chi connectivity index (χ4v) is 1.41. The molecular weight excluding hydrogens is 262 g/mol. The molecule has 1 rings (SSSR count). The molecule has 0 bridgehead atoms. The van der Waals surface area contributed by atoms with Crippen molar-refractivity contribution in [3.63, 3.8) is 0 Å². The lowest BCUT2D eigenvalue weighted by atomic mass is 10.1. The van der Waals surface area contributed by atoms with Crippen LogP contribution in [0.2, 0.25) is 0 Å². The third kappa shape index (κ3) is 3.36. The molecule has 4 nitrogen and oxygen atoms in total. The van der Waals surface area contributed by atoms with Crippen molar-refractivity contribution in [2.45, 2.75) is 13.0 Å². The van der Waals surface area contributed by atoms with Crippen LogP contribution < -0.4 is 5.32 Å². The number of hydrogen-bond acceptors (Lipinski definition) is 2. The molecule has 0 aromatic heterocycles. The number of carbonyl (C=O) groups excluding carboxylic acids is 1. The van der Waals surface area contributed by atoms with Crippen molar-refractivity contribution in [2.75, 3.05) is 0 Å². The van der Waals surface area contributed by atoms with E-state index in [1.54, 1.807) is 24.3 Å². The monoisotopic (exact) mass is 271 g/mol. The summed E-state index contributed by atoms with van der Waals surface area (Å²) in [6.45, 7) is 1.29. The molecule has 2 N–H and O–H groups in total. The van der Waals surface area contributed by atoms with E-state index in [1.807, 2.05) is 0 Å². The molecule has 0 aliphatic heterocycles. The van der Waals surface area contributed by atoms with Gasteiger partial charge in [0.1, 0.15) is 0 Å². The van der Waals surface area contributed by atoms with Crippen LogP contribution in [-0.2, 0) is 9.59 Å². The molecule has 80 valence electrons. The summed E-state index contributed by atoms with van der Waals surface area (Å²) in [7, 11) is 0. The molecule has 0 radical (unpaired) electrons. The van der Waals surface area contributed by atoms with Crippen LogP contribution in [0.25, 0.3) is 0 Å². The molecule has 0 unspecified atom stereocenters. The predicted molar refractivity (Wildman–Crippen MR) is 58.3 cm³/mol. The van der Waals surface area contributed by atoms with Gasteiger partial charge in [0.05, 0.1) is 0 Å². The molecule has 0 aliphatic carbocycles. The van der Waals surface area contributed by atoms with E-state index >= 15 is 0 Å². The Balaban J connectivity index is 2.94. The molecule has 15 heavy (non-hydrogen) atoms. The molecule has 0 saturated heterocycles. The first-order chi connectivity index (χ1) is 7.00. The number of carboxylic acid groups (broad SMARTS) is 1. The average Bonchev–Trinajstić information content (AvgIpc) is 2.15. The lowest BCUT2D eigenvalue weighted by molar-refractivity contribution is -0.141. The Bertz CT molecular complexity index is 375. The zero-order chi connectivity index (χ0) is 11.4. The largest absolute Gasteiger partial charge is 0.479 e. The van der Waals surface area contributed by atoms with E-state index in [1.165, 1.54) is 6.92 Å². The van der Waals surface area contributed by atoms with E-state index in [-0.39, 0.29) is 5.91 Å². The van der Waals surface area contributed by atoms with Crippen LogP contribution in [-0.4, -0.2) is 17.0 Å². The summed E-state index contributed by atoms with van der Waals surface area (Å²) < 4.78 is 0.859. The summed E-state index contributed by atoms with van der Waals surface area (Å²) in [6, 6.07) is 5.77. The maximum absolute atomic E-state index is 10.9. The molecular formula is C10H10BrNO3. The molecule has 0 fully saturated rings. The number of nitrogens with one attached hydrogen (secondary N) is 1. The fourth-order valence-electron chi connectivity index (χ4n) is 1.15. The highest BCUT2D eigenvalue weighted by Gasteiger charge is 2.20. The molecule has 0 aliphatic rings. The van der Waals surface area contributed by atoms with Crippen LogP contribution in [0, 0.1) is 0 Å². The van der Waals surface area contributed by atoms with Gasteiger partial charge in [-0.3, -0.25) is 4.79 Å². The predicted octanol–water partition coefficient (Wildman–Crippen LogP) is 1.71. The van der Waals surface area contributed by atoms with Gasteiger partial charge in [0.25, 0.3) is 0 Å². The molecule has 0 spiro atoms. The van der Waals surface area contributed by atoms with Gasteiger partial charge in [-0.15, -0.1) is 0 Å². The van der Waals surface area contributed by atoms with E-state index in [0.29, 0.717) is 5.56 Å². The standard InChI is InChI=1S/C10H10BrNO3/c1-6(13)12-9(10(14)15)7-2-4-8(11)5-3-7/h2-5,9H,1H3,(H,12,13)(H,14,15)/t9-/m1/s1. The second-order valence-electron chi connectivity index (χ2n) is 3.02. The highest BCUT2D eigenvalue weighted by atomic mass is 79.9. The number of amides is 1. The summed E-state index contributed by atoms with van der Waals surface area (Å²) in [6.07, 6.45) is 0. The maximum atomic E-state index is 10.9. The number of carboxylic acids is 1. The summed E-state index contributed by atoms with van der Waals surface area (Å²) in [4.78, 5) is 21.7. The molecule has 1 aromatic rings. The summed E-state index contributed by atoms with van der Waals surface area (Å²) >= 11 is 3.25. The van der Waals surface area contributed by atoms with Gasteiger partial charge in [0, 0.05) is 11.4 Å². The van der Waals surface area contributed by atoms with E-state index in [0.717, 1.165) is 4.47 Å². The minimum absolute atomic E-state index is 0.370. The number of carbonyl (C=O) groups is 2. The van der Waals surface area contributed by atoms with Gasteiger partial charge in [-0.25, -0.2) is 4.79 Å². The minimum Gasteiger partial charge on any atom is -0.479 e. The summed E-state index contributed by atoms with van der Waals surface area (Å²) in [5, 5.41) is 11.3. The Hall–Kier alpha value is -1.36. The van der Waals surface area contributed by atoms with Crippen molar-refractivity contribution in [2.24, 2.45) is 0 Å². The first-order valence-corrected chi connectivity index (χ1v) is 5.05. The van der Waals surface area contributed by atoms with Crippen molar-refractivity contribution in [1.82, 2.24) is 5.32 Å². The highest BCUT2D eigenvalue weighted by Crippen LogP contribution is 2.17. The van der Waals surface area contributed by atoms with Gasteiger partial charge >= 0.3 is 5.97 Å². The number of rotatable bonds is 3. The van der Waals surface area contributed by atoms with Crippen LogP contribution >= 0.6 is 15.9 Å². The third-order valence-corrected chi connectivity index (χ3v) is 2.33. The van der Waals surface area contributed by atoms with Crippen LogP contribution in [0.4, 0.5) is 0 Å². The number of aliphatic carboxylic acids is 1. The maximum Gasteiger partial charge on any atom is 0.330 e. The van der Waals surface area contributed by atoms with Crippen molar-refractivity contribution in [3.8, 4) is 0 Å². The topological polar surface area (TPSA) is 66.4 Å². The Morgan fingerprint density at radius 3 is 2.27 bits per heavy atom. The van der Waals surface area contributed by atoms with Crippen LogP contribution in [0.15, 0.2) is 28.7 Å². The molecule has 0 heterocycles. The Kier molecular flexibility index (Phi) is 3.85. The summed E-state index contributed by atoms with van der Waals surface area (Å²) in [5.41, 5.74) is 0.543. The second-order valence-corrected chi connectivity index (χ2v) is 3.94. The van der Waals surface area contributed by atoms with Gasteiger partial charge in [-0.05, 0) is 17.7 Å². The van der Waals surface area contributed by atoms with Crippen LogP contribution in [0.1, 0.15) is 18.5 Å². The van der Waals surface area contributed by atoms with Gasteiger partial charge in [0.2, 0.25) is 5.91 Å². The number of benzene rings is 1. The zero-order valence-corrected chi connectivity index (χ0v) is 9.61. The molecule has 1 amide bonds. The van der Waals surface area contributed by atoms with Gasteiger partial charge < -0.3 is 10.4 Å². The molecule has 1 aromatic carbocycles. The van der Waals surface area contributed by atoms with E-state index in [4.69, 9.17) is 5.11 Å². The van der Waals surface area contributed by atoms with Crippen molar-refractivity contribution < 1.29 is 14.7 Å². The lowest BCUT2D eigenvalue weighted by Gasteiger charge is -2.13. The normalized spacial score (nSPS) is 11.9. The number of halogens is 1. The Morgan fingerprint density at radius 1 is 1.33 bits per heavy atom. The van der Waals surface area contributed by atoms with Crippen LogP contribution in [0.3, 0.4) is 0 Å². The highest BCUT2D eigenvalue weighted by molar-refractivity contribution is 9.10. The Labute approximate surface area is 95.4 Å². The number of hydrogen-bond donors (Lipinski definition) is 2. The fraction of sp³-hybridized carbons (Fsp3) is 0.200. The third-order valence-electron chi connectivity index (χ3n) is 1.80. The average molecular weight is 272 g/mol. The molecule has 5 heteroatoms. The molecule has 0 saturated carbocycles. The van der Waals surface area contributed by atoms with Gasteiger partial charge in [-0.2, -0.15) is 0 Å². The first-order valence-electron chi connectivity index (χ1n) is 4.26. The smallest absolute Gasteiger partial charge is 0.330 e. The van der Waals surface area contributed by atoms with Crippen LogP contribution in [0.5, 0.6) is 0 Å². The van der Waals surface area contributed by atoms with Crippen molar-refractivity contribution in [3.05, 3.63) is 34.3 Å². The van der Waals surface area contributed by atoms with Gasteiger partial charge in [0.15, 0.2) is 6.04 Å². The quantitative estimate of drug-likeness (QED) is 0.880. The Morgan fingerprint density at radius 2 is 1.87 bits per heavy atom. The molecule has 1 atom stereocenters. The first kappa shape index (κ1) is 11.7. The van der Waals surface area contributed by atoms with E-state index in [2.05, 4.69) is 21.2 Å². The zero-order valence-electron chi connectivity index (χ0n) is 8.03. The minimum atomic E-state index is -1.08.